The minimum atomic E-state index is -0.315. The van der Waals surface area contributed by atoms with Crippen LogP contribution >= 0.6 is 23.2 Å². The Morgan fingerprint density at radius 1 is 1.50 bits per heavy atom. The Bertz CT molecular complexity index is 544. The zero-order chi connectivity index (χ0) is 14.5. The average molecular weight is 313 g/mol. The second-order valence-electron chi connectivity index (χ2n) is 4.66. The maximum atomic E-state index is 11.8. The molecule has 106 valence electrons. The molecule has 0 aromatic heterocycles. The number of urea groups is 1. The Balaban J connectivity index is 1.80. The van der Waals surface area contributed by atoms with Crippen LogP contribution in [0.15, 0.2) is 18.2 Å². The molecule has 1 aromatic rings. The fraction of sp³-hybridized carbons (Fsp3) is 0.385. The lowest BCUT2D eigenvalue weighted by Crippen LogP contribution is -2.33. The van der Waals surface area contributed by atoms with Gasteiger partial charge in [0, 0.05) is 24.7 Å². The first kappa shape index (κ1) is 14.8. The molecule has 0 bridgehead atoms. The van der Waals surface area contributed by atoms with Crippen molar-refractivity contribution < 1.29 is 4.79 Å². The number of carbonyl (C=O) groups excluding carboxylic acids is 1. The summed E-state index contributed by atoms with van der Waals surface area (Å²) in [4.78, 5) is 13.5. The number of carbonyl (C=O) groups is 1. The van der Waals surface area contributed by atoms with Crippen molar-refractivity contribution in [2.45, 2.75) is 6.42 Å². The number of hydrogen-bond donors (Lipinski definition) is 2. The first-order valence-corrected chi connectivity index (χ1v) is 6.98. The summed E-state index contributed by atoms with van der Waals surface area (Å²) >= 11 is 11.8. The van der Waals surface area contributed by atoms with Crippen LogP contribution < -0.4 is 10.6 Å². The van der Waals surface area contributed by atoms with Crippen LogP contribution in [0, 0.1) is 17.4 Å². The fourth-order valence-electron chi connectivity index (χ4n) is 2.08. The summed E-state index contributed by atoms with van der Waals surface area (Å²) in [5, 5.41) is 15.1. The van der Waals surface area contributed by atoms with E-state index < -0.39 is 0 Å². The molecule has 1 heterocycles. The number of likely N-dealkylation sites (tertiary alicyclic amines) is 1. The molecule has 1 aliphatic rings. The highest BCUT2D eigenvalue weighted by Crippen LogP contribution is 2.25. The molecule has 2 amide bonds. The first-order chi connectivity index (χ1) is 9.58. The molecule has 1 aromatic carbocycles. The molecule has 1 saturated heterocycles. The number of benzene rings is 1. The Labute approximate surface area is 127 Å². The van der Waals surface area contributed by atoms with Gasteiger partial charge in [-0.3, -0.25) is 0 Å². The van der Waals surface area contributed by atoms with E-state index in [1.165, 1.54) is 0 Å². The van der Waals surface area contributed by atoms with Gasteiger partial charge in [-0.2, -0.15) is 5.26 Å². The Hall–Kier alpha value is -1.64. The molecule has 0 aliphatic carbocycles. The third-order valence-corrected chi connectivity index (χ3v) is 3.71. The zero-order valence-corrected chi connectivity index (χ0v) is 12.2. The molecule has 1 atom stereocenters. The highest BCUT2D eigenvalue weighted by atomic mass is 35.5. The number of nitriles is 1. The molecule has 2 N–H and O–H groups in total. The number of anilines is 1. The normalized spacial score (nSPS) is 17.6. The second-order valence-corrected chi connectivity index (χ2v) is 5.50. The van der Waals surface area contributed by atoms with Gasteiger partial charge in [-0.1, -0.05) is 23.2 Å². The van der Waals surface area contributed by atoms with Gasteiger partial charge in [0.25, 0.3) is 0 Å². The molecule has 7 heteroatoms. The Morgan fingerprint density at radius 3 is 2.95 bits per heavy atom. The summed E-state index contributed by atoms with van der Waals surface area (Å²) in [5.74, 6) is 0.307. The summed E-state index contributed by atoms with van der Waals surface area (Å²) in [6.45, 7) is 1.99. The van der Waals surface area contributed by atoms with Gasteiger partial charge in [-0.05, 0) is 30.5 Å². The van der Waals surface area contributed by atoms with Gasteiger partial charge >= 0.3 is 6.03 Å². The van der Waals surface area contributed by atoms with Crippen molar-refractivity contribution in [2.24, 2.45) is 5.92 Å². The van der Waals surface area contributed by atoms with E-state index in [-0.39, 0.29) is 6.03 Å². The number of hydrogen-bond acceptors (Lipinski definition) is 3. The van der Waals surface area contributed by atoms with Crippen molar-refractivity contribution in [3.8, 4) is 6.19 Å². The first-order valence-electron chi connectivity index (χ1n) is 6.23. The van der Waals surface area contributed by atoms with Crippen LogP contribution in [0.25, 0.3) is 0 Å². The van der Waals surface area contributed by atoms with Crippen molar-refractivity contribution in [1.29, 1.82) is 5.26 Å². The van der Waals surface area contributed by atoms with E-state index in [4.69, 9.17) is 28.5 Å². The van der Waals surface area contributed by atoms with Gasteiger partial charge in [0.1, 0.15) is 0 Å². The number of rotatable bonds is 3. The van der Waals surface area contributed by atoms with E-state index in [0.717, 1.165) is 13.0 Å². The molecule has 0 spiro atoms. The standard InChI is InChI=1S/C13H14Cl2N4O/c14-10-1-2-12(11(15)5-10)18-13(20)17-6-9-3-4-19(7-9)8-16/h1-2,5,9H,3-4,6-7H2,(H2,17,18,20). The SMILES string of the molecule is N#CN1CCC(CNC(=O)Nc2ccc(Cl)cc2Cl)C1. The molecule has 1 fully saturated rings. The van der Waals surface area contributed by atoms with Crippen LogP contribution in [0.4, 0.5) is 10.5 Å². The Kier molecular flexibility index (Phi) is 4.94. The van der Waals surface area contributed by atoms with E-state index in [1.54, 1.807) is 23.1 Å². The van der Waals surface area contributed by atoms with Gasteiger partial charge in [0.15, 0.2) is 6.19 Å². The Morgan fingerprint density at radius 2 is 2.30 bits per heavy atom. The number of nitrogens with zero attached hydrogens (tertiary/aromatic N) is 2. The lowest BCUT2D eigenvalue weighted by atomic mass is 10.1. The third-order valence-electron chi connectivity index (χ3n) is 3.16. The van der Waals surface area contributed by atoms with E-state index in [2.05, 4.69) is 16.8 Å². The van der Waals surface area contributed by atoms with Crippen LogP contribution in [0.1, 0.15) is 6.42 Å². The zero-order valence-electron chi connectivity index (χ0n) is 10.7. The summed E-state index contributed by atoms with van der Waals surface area (Å²) in [5.41, 5.74) is 0.513. The molecule has 5 nitrogen and oxygen atoms in total. The van der Waals surface area contributed by atoms with Crippen molar-refractivity contribution in [3.63, 3.8) is 0 Å². The van der Waals surface area contributed by atoms with Crippen molar-refractivity contribution in [2.75, 3.05) is 25.0 Å². The molecule has 20 heavy (non-hydrogen) atoms. The second kappa shape index (κ2) is 6.69. The molecule has 0 saturated carbocycles. The topological polar surface area (TPSA) is 68.2 Å². The molecular weight excluding hydrogens is 299 g/mol. The fourth-order valence-corrected chi connectivity index (χ4v) is 2.54. The highest BCUT2D eigenvalue weighted by Gasteiger charge is 2.21. The van der Waals surface area contributed by atoms with Crippen LogP contribution in [0.3, 0.4) is 0 Å². The van der Waals surface area contributed by atoms with Crippen LogP contribution in [0.2, 0.25) is 10.0 Å². The minimum Gasteiger partial charge on any atom is -0.338 e. The lowest BCUT2D eigenvalue weighted by molar-refractivity contribution is 0.250. The van der Waals surface area contributed by atoms with E-state index >= 15 is 0 Å². The van der Waals surface area contributed by atoms with Gasteiger partial charge in [0.05, 0.1) is 10.7 Å². The summed E-state index contributed by atoms with van der Waals surface area (Å²) in [6.07, 6.45) is 3.02. The molecule has 2 rings (SSSR count). The summed E-state index contributed by atoms with van der Waals surface area (Å²) in [6, 6.07) is 4.56. The largest absolute Gasteiger partial charge is 0.338 e. The summed E-state index contributed by atoms with van der Waals surface area (Å²) in [7, 11) is 0. The van der Waals surface area contributed by atoms with Crippen LogP contribution in [0.5, 0.6) is 0 Å². The van der Waals surface area contributed by atoms with Gasteiger partial charge in [-0.25, -0.2) is 4.79 Å². The molecular formula is C13H14Cl2N4O. The van der Waals surface area contributed by atoms with Crippen molar-refractivity contribution in [3.05, 3.63) is 28.2 Å². The van der Waals surface area contributed by atoms with E-state index in [1.807, 2.05) is 0 Å². The van der Waals surface area contributed by atoms with Crippen molar-refractivity contribution >= 4 is 34.9 Å². The van der Waals surface area contributed by atoms with Crippen molar-refractivity contribution in [1.82, 2.24) is 10.2 Å². The van der Waals surface area contributed by atoms with Gasteiger partial charge < -0.3 is 15.5 Å². The quantitative estimate of drug-likeness (QED) is 0.843. The number of amides is 2. The minimum absolute atomic E-state index is 0.307. The van der Waals surface area contributed by atoms with Crippen LogP contribution in [-0.2, 0) is 0 Å². The predicted molar refractivity (Wildman–Crippen MR) is 78.8 cm³/mol. The predicted octanol–water partition coefficient (Wildman–Crippen LogP) is 2.92. The summed E-state index contributed by atoms with van der Waals surface area (Å²) < 4.78 is 0. The molecule has 0 radical (unpaired) electrons. The smallest absolute Gasteiger partial charge is 0.319 e. The maximum Gasteiger partial charge on any atom is 0.319 e. The van der Waals surface area contributed by atoms with E-state index in [9.17, 15) is 4.79 Å². The maximum absolute atomic E-state index is 11.8. The van der Waals surface area contributed by atoms with Crippen LogP contribution in [-0.4, -0.2) is 30.6 Å². The number of nitrogens with one attached hydrogen (secondary N) is 2. The number of halogens is 2. The van der Waals surface area contributed by atoms with E-state index in [0.29, 0.717) is 34.7 Å². The lowest BCUT2D eigenvalue weighted by Gasteiger charge is -2.12. The average Bonchev–Trinajstić information content (AvgIpc) is 2.88. The molecule has 1 unspecified atom stereocenters. The van der Waals surface area contributed by atoms with Gasteiger partial charge in [-0.15, -0.1) is 0 Å². The van der Waals surface area contributed by atoms with Gasteiger partial charge in [0.2, 0.25) is 0 Å². The monoisotopic (exact) mass is 312 g/mol. The highest BCUT2D eigenvalue weighted by molar-refractivity contribution is 6.36. The third kappa shape index (κ3) is 3.92. The molecule has 1 aliphatic heterocycles.